The average molecular weight is 543 g/mol. The lowest BCUT2D eigenvalue weighted by molar-refractivity contribution is 0.0838. The molecule has 0 aliphatic carbocycles. The Kier molecular flexibility index (Phi) is 6.99. The zero-order valence-electron chi connectivity index (χ0n) is 22.6. The van der Waals surface area contributed by atoms with Crippen LogP contribution in [0.2, 0.25) is 0 Å². The van der Waals surface area contributed by atoms with Crippen LogP contribution in [0.15, 0.2) is 28.2 Å². The zero-order chi connectivity index (χ0) is 27.2. The fourth-order valence-electron chi connectivity index (χ4n) is 6.01. The number of likely N-dealkylation sites (tertiary alicyclic amines) is 1. The van der Waals surface area contributed by atoms with Gasteiger partial charge in [-0.2, -0.15) is 5.10 Å². The van der Waals surface area contributed by atoms with Crippen LogP contribution in [0.1, 0.15) is 38.7 Å². The molecule has 0 radical (unpaired) electrons. The highest BCUT2D eigenvalue weighted by molar-refractivity contribution is 7.92. The van der Waals surface area contributed by atoms with E-state index < -0.39 is 10.0 Å². The van der Waals surface area contributed by atoms with E-state index in [0.29, 0.717) is 23.0 Å². The minimum absolute atomic E-state index is 0.0524. The van der Waals surface area contributed by atoms with Crippen molar-refractivity contribution in [1.82, 2.24) is 15.1 Å². The summed E-state index contributed by atoms with van der Waals surface area (Å²) in [4.78, 5) is 13.5. The van der Waals surface area contributed by atoms with Crippen LogP contribution >= 0.6 is 0 Å². The maximum Gasteiger partial charge on any atom is 0.232 e. The van der Waals surface area contributed by atoms with E-state index in [-0.39, 0.29) is 17.6 Å². The summed E-state index contributed by atoms with van der Waals surface area (Å²) < 4.78 is 31.7. The molecule has 1 aromatic carbocycles. The normalized spacial score (nSPS) is 23.6. The Balaban J connectivity index is 1.40. The Morgan fingerprint density at radius 1 is 1.32 bits per heavy atom. The van der Waals surface area contributed by atoms with Crippen molar-refractivity contribution < 1.29 is 13.2 Å². The quantitative estimate of drug-likeness (QED) is 0.438. The molecule has 206 valence electrons. The molecule has 4 heterocycles. The van der Waals surface area contributed by atoms with Gasteiger partial charge in [-0.3, -0.25) is 14.4 Å². The van der Waals surface area contributed by atoms with Crippen LogP contribution in [0, 0.1) is 5.41 Å². The number of H-pyrrole nitrogens is 1. The average Bonchev–Trinajstić information content (AvgIpc) is 3.43. The first-order valence-electron chi connectivity index (χ1n) is 13.1. The van der Waals surface area contributed by atoms with Gasteiger partial charge in [0.2, 0.25) is 10.0 Å². The van der Waals surface area contributed by atoms with Crippen molar-refractivity contribution in [2.45, 2.75) is 51.7 Å². The van der Waals surface area contributed by atoms with Gasteiger partial charge in [-0.15, -0.1) is 0 Å². The number of aromatic amines is 1. The van der Waals surface area contributed by atoms with Crippen molar-refractivity contribution in [1.29, 1.82) is 0 Å². The number of nitrogens with one attached hydrogen (secondary N) is 1. The Bertz CT molecular complexity index is 1350. The lowest BCUT2D eigenvalue weighted by atomic mass is 9.73. The highest BCUT2D eigenvalue weighted by Crippen LogP contribution is 2.45. The second-order valence-corrected chi connectivity index (χ2v) is 12.7. The fourth-order valence-corrected chi connectivity index (χ4v) is 6.54. The lowest BCUT2D eigenvalue weighted by Gasteiger charge is -2.41. The number of amidine groups is 1. The van der Waals surface area contributed by atoms with Crippen LogP contribution in [-0.4, -0.2) is 87.8 Å². The molecule has 2 atom stereocenters. The SMILES string of the molecule is C=Nc1c(N2CCCc3c2cccc3N(C)S(C)(=O)=O)n[nH]c1/N=C(\C)N1CCC2(CC1)CO[C@@H](C)[C@H]2N. The molecule has 0 amide bonds. The molecule has 1 spiro atoms. The number of hydrogen-bond donors (Lipinski definition) is 2. The van der Waals surface area contributed by atoms with Gasteiger partial charge in [0, 0.05) is 49.4 Å². The number of aliphatic imine (C=N–C) groups is 2. The van der Waals surface area contributed by atoms with Gasteiger partial charge in [-0.25, -0.2) is 13.4 Å². The number of sulfonamides is 1. The van der Waals surface area contributed by atoms with Crippen molar-refractivity contribution >= 4 is 51.3 Å². The summed E-state index contributed by atoms with van der Waals surface area (Å²) in [7, 11) is -1.81. The van der Waals surface area contributed by atoms with Crippen LogP contribution in [0.3, 0.4) is 0 Å². The molecular formula is C26H38N8O3S. The fraction of sp³-hybridized carbons (Fsp3) is 0.577. The van der Waals surface area contributed by atoms with E-state index in [0.717, 1.165) is 69.0 Å². The molecule has 0 bridgehead atoms. The minimum Gasteiger partial charge on any atom is -0.376 e. The maximum atomic E-state index is 12.2. The van der Waals surface area contributed by atoms with Crippen molar-refractivity contribution in [2.24, 2.45) is 21.1 Å². The first-order valence-corrected chi connectivity index (χ1v) is 15.0. The number of hydrogen-bond acceptors (Lipinski definition) is 8. The Morgan fingerprint density at radius 3 is 2.68 bits per heavy atom. The van der Waals surface area contributed by atoms with E-state index in [1.807, 2.05) is 25.1 Å². The van der Waals surface area contributed by atoms with E-state index in [1.165, 1.54) is 10.6 Å². The van der Waals surface area contributed by atoms with Crippen molar-refractivity contribution in [3.05, 3.63) is 23.8 Å². The molecule has 0 saturated carbocycles. The van der Waals surface area contributed by atoms with Crippen LogP contribution in [0.4, 0.5) is 28.7 Å². The van der Waals surface area contributed by atoms with Gasteiger partial charge in [-0.05, 0) is 58.4 Å². The molecule has 2 aromatic rings. The van der Waals surface area contributed by atoms with Crippen LogP contribution < -0.4 is 14.9 Å². The second-order valence-electron chi connectivity index (χ2n) is 10.7. The summed E-state index contributed by atoms with van der Waals surface area (Å²) in [6, 6.07) is 5.77. The smallest absolute Gasteiger partial charge is 0.232 e. The van der Waals surface area contributed by atoms with Crippen LogP contribution in [0.25, 0.3) is 0 Å². The predicted octanol–water partition coefficient (Wildman–Crippen LogP) is 3.10. The van der Waals surface area contributed by atoms with Crippen LogP contribution in [-0.2, 0) is 21.2 Å². The number of nitrogens with zero attached hydrogens (tertiary/aromatic N) is 6. The Morgan fingerprint density at radius 2 is 2.05 bits per heavy atom. The number of piperidine rings is 1. The van der Waals surface area contributed by atoms with Gasteiger partial charge >= 0.3 is 0 Å². The number of nitrogens with two attached hydrogens (primary N) is 1. The summed E-state index contributed by atoms with van der Waals surface area (Å²) in [6.45, 7) is 11.1. The summed E-state index contributed by atoms with van der Waals surface area (Å²) >= 11 is 0. The third kappa shape index (κ3) is 4.58. The summed E-state index contributed by atoms with van der Waals surface area (Å²) in [5, 5.41) is 7.64. The minimum atomic E-state index is -3.39. The summed E-state index contributed by atoms with van der Waals surface area (Å²) in [6.07, 6.45) is 4.89. The molecule has 1 aromatic heterocycles. The molecule has 38 heavy (non-hydrogen) atoms. The molecule has 3 N–H and O–H groups in total. The third-order valence-corrected chi connectivity index (χ3v) is 9.71. The van der Waals surface area contributed by atoms with Gasteiger partial charge in [0.25, 0.3) is 0 Å². The number of aromatic nitrogens is 2. The monoisotopic (exact) mass is 542 g/mol. The maximum absolute atomic E-state index is 12.2. The number of rotatable bonds is 5. The van der Waals surface area contributed by atoms with E-state index >= 15 is 0 Å². The highest BCUT2D eigenvalue weighted by atomic mass is 32.2. The van der Waals surface area contributed by atoms with E-state index in [4.69, 9.17) is 15.5 Å². The Hall–Kier alpha value is -2.96. The molecular weight excluding hydrogens is 504 g/mol. The largest absolute Gasteiger partial charge is 0.376 e. The number of anilines is 3. The molecule has 11 nitrogen and oxygen atoms in total. The van der Waals surface area contributed by atoms with E-state index in [2.05, 4.69) is 38.6 Å². The van der Waals surface area contributed by atoms with Gasteiger partial charge < -0.3 is 20.3 Å². The molecule has 0 unspecified atom stereocenters. The lowest BCUT2D eigenvalue weighted by Crippen LogP contribution is -2.51. The van der Waals surface area contributed by atoms with Crippen molar-refractivity contribution in [3.8, 4) is 0 Å². The highest BCUT2D eigenvalue weighted by Gasteiger charge is 2.47. The molecule has 12 heteroatoms. The van der Waals surface area contributed by atoms with Crippen molar-refractivity contribution in [2.75, 3.05) is 48.7 Å². The molecule has 3 aliphatic rings. The predicted molar refractivity (Wildman–Crippen MR) is 152 cm³/mol. The number of benzene rings is 1. The molecule has 3 aliphatic heterocycles. The van der Waals surface area contributed by atoms with Gasteiger partial charge in [0.15, 0.2) is 17.3 Å². The topological polar surface area (TPSA) is 133 Å². The third-order valence-electron chi connectivity index (χ3n) is 8.52. The standard InChI is InChI=1S/C26H38N8O3S/c1-17-23(27)26(16-37-17)11-14-33(15-12-26)18(2)29-24-22(28-3)25(31-30-24)34-13-7-8-19-20(9-6-10-21(19)34)32(4)38(5,35)36/h6,9-10,17,23H,3,7-8,11-16,27H2,1-2,4-5H3,(H,30,31)/b29-18+/t17-,23+/m0/s1. The molecule has 5 rings (SSSR count). The first-order chi connectivity index (χ1) is 18.1. The van der Waals surface area contributed by atoms with Gasteiger partial charge in [0.1, 0.15) is 5.84 Å². The Labute approximate surface area is 224 Å². The zero-order valence-corrected chi connectivity index (χ0v) is 23.5. The van der Waals surface area contributed by atoms with Gasteiger partial charge in [0.05, 0.1) is 24.7 Å². The second kappa shape index (κ2) is 9.97. The van der Waals surface area contributed by atoms with Crippen LogP contribution in [0.5, 0.6) is 0 Å². The first kappa shape index (κ1) is 26.6. The summed E-state index contributed by atoms with van der Waals surface area (Å²) in [5.41, 5.74) is 9.67. The van der Waals surface area contributed by atoms with E-state index in [9.17, 15) is 8.42 Å². The molecule has 2 fully saturated rings. The number of ether oxygens (including phenoxy) is 1. The van der Waals surface area contributed by atoms with Crippen molar-refractivity contribution in [3.63, 3.8) is 0 Å². The number of fused-ring (bicyclic) bond motifs is 1. The van der Waals surface area contributed by atoms with E-state index in [1.54, 1.807) is 7.05 Å². The van der Waals surface area contributed by atoms with Gasteiger partial charge in [-0.1, -0.05) is 6.07 Å². The summed E-state index contributed by atoms with van der Waals surface area (Å²) in [5.74, 6) is 2.07. The molecule has 2 saturated heterocycles.